The summed E-state index contributed by atoms with van der Waals surface area (Å²) in [5.41, 5.74) is 8.48. The van der Waals surface area contributed by atoms with Gasteiger partial charge in [0.1, 0.15) is 18.1 Å². The number of aryl methyl sites for hydroxylation is 1. The Hall–Kier alpha value is -4.18. The van der Waals surface area contributed by atoms with Gasteiger partial charge in [0.15, 0.2) is 0 Å². The summed E-state index contributed by atoms with van der Waals surface area (Å²) in [4.78, 5) is 12.6. The van der Waals surface area contributed by atoms with Crippen LogP contribution in [0, 0.1) is 12.8 Å². The molecular weight excluding hydrogens is 618 g/mol. The maximum Gasteiger partial charge on any atom is 0.416 e. The minimum Gasteiger partial charge on any atom is -0.457 e. The van der Waals surface area contributed by atoms with Gasteiger partial charge in [-0.05, 0) is 66.6 Å². The monoisotopic (exact) mass is 650 g/mol. The molecule has 1 amide bonds. The average molecular weight is 651 g/mol. The van der Waals surface area contributed by atoms with Crippen LogP contribution in [-0.4, -0.2) is 59.7 Å². The zero-order valence-electron chi connectivity index (χ0n) is 24.7. The third kappa shape index (κ3) is 8.96. The molecule has 9 nitrogen and oxygen atoms in total. The van der Waals surface area contributed by atoms with Crippen molar-refractivity contribution in [2.45, 2.75) is 32.4 Å². The number of halogens is 6. The van der Waals surface area contributed by atoms with E-state index >= 15 is 0 Å². The quantitative estimate of drug-likeness (QED) is 0.0986. The molecule has 15 heteroatoms. The second kappa shape index (κ2) is 14.1. The van der Waals surface area contributed by atoms with Crippen molar-refractivity contribution < 1.29 is 40.6 Å². The summed E-state index contributed by atoms with van der Waals surface area (Å²) in [6.07, 6.45) is -6.90. The summed E-state index contributed by atoms with van der Waals surface area (Å²) in [6, 6.07) is 15.1. The van der Waals surface area contributed by atoms with Gasteiger partial charge in [-0.25, -0.2) is 10.4 Å². The number of nitrogens with one attached hydrogen (secondary N) is 3. The SMILES string of the molecule is Cc1c(C(=O)NCCOCC(F)(F)F)ccc2nn(CC3CN(NNCc4ccc(Oc5ccc(C(F)(F)F)cc5)cc4)C3)cc12. The zero-order valence-corrected chi connectivity index (χ0v) is 24.7. The van der Waals surface area contributed by atoms with Crippen LogP contribution in [0.2, 0.25) is 0 Å². The first-order valence-corrected chi connectivity index (χ1v) is 14.4. The molecule has 0 saturated carbocycles. The molecule has 0 bridgehead atoms. The lowest BCUT2D eigenvalue weighted by atomic mass is 10.0. The second-order valence-electron chi connectivity index (χ2n) is 11.0. The molecule has 1 aromatic heterocycles. The van der Waals surface area contributed by atoms with Gasteiger partial charge < -0.3 is 14.8 Å². The van der Waals surface area contributed by atoms with Gasteiger partial charge in [-0.3, -0.25) is 9.48 Å². The molecule has 1 fully saturated rings. The number of hydrazine groups is 2. The normalized spacial score (nSPS) is 14.4. The van der Waals surface area contributed by atoms with Crippen molar-refractivity contribution in [1.29, 1.82) is 0 Å². The minimum atomic E-state index is -4.41. The first kappa shape index (κ1) is 33.2. The predicted molar refractivity (Wildman–Crippen MR) is 157 cm³/mol. The first-order chi connectivity index (χ1) is 21.8. The molecule has 0 unspecified atom stereocenters. The standard InChI is InChI=1S/C31H32F6N6O3/c1-20-26(29(44)38-12-13-45-19-30(32,33)34)10-11-28-27(20)18-42(40-28)15-22-16-43(17-22)41-39-14-21-2-6-24(7-3-21)46-25-8-4-23(5-9-25)31(35,36)37/h2-11,18,22,39,41H,12-17,19H2,1H3,(H,38,44). The molecule has 0 aliphatic carbocycles. The van der Waals surface area contributed by atoms with E-state index in [4.69, 9.17) is 4.74 Å². The van der Waals surface area contributed by atoms with Crippen molar-refractivity contribution in [3.8, 4) is 11.5 Å². The number of aromatic nitrogens is 2. The van der Waals surface area contributed by atoms with Crippen molar-refractivity contribution >= 4 is 16.8 Å². The largest absolute Gasteiger partial charge is 0.457 e. The van der Waals surface area contributed by atoms with E-state index in [0.29, 0.717) is 36.1 Å². The number of nitrogens with zero attached hydrogens (tertiary/aromatic N) is 3. The molecule has 0 atom stereocenters. The van der Waals surface area contributed by atoms with E-state index in [1.165, 1.54) is 12.1 Å². The average Bonchev–Trinajstić information content (AvgIpc) is 3.39. The second-order valence-corrected chi connectivity index (χ2v) is 11.0. The maximum atomic E-state index is 12.7. The first-order valence-electron chi connectivity index (χ1n) is 14.4. The third-order valence-electron chi connectivity index (χ3n) is 7.32. The van der Waals surface area contributed by atoms with Gasteiger partial charge >= 0.3 is 12.4 Å². The molecule has 5 rings (SSSR count). The molecule has 0 spiro atoms. The Kier molecular flexibility index (Phi) is 10.2. The summed E-state index contributed by atoms with van der Waals surface area (Å²) in [7, 11) is 0. The molecule has 1 aliphatic rings. The van der Waals surface area contributed by atoms with Crippen LogP contribution in [0.3, 0.4) is 0 Å². The molecule has 0 radical (unpaired) electrons. The van der Waals surface area contributed by atoms with Gasteiger partial charge in [0.05, 0.1) is 17.7 Å². The Morgan fingerprint density at radius 2 is 1.63 bits per heavy atom. The van der Waals surface area contributed by atoms with Gasteiger partial charge in [-0.15, -0.1) is 0 Å². The highest BCUT2D eigenvalue weighted by atomic mass is 19.4. The smallest absolute Gasteiger partial charge is 0.416 e. The van der Waals surface area contributed by atoms with Crippen LogP contribution in [0.15, 0.2) is 66.9 Å². The summed E-state index contributed by atoms with van der Waals surface area (Å²) >= 11 is 0. The molecule has 46 heavy (non-hydrogen) atoms. The van der Waals surface area contributed by atoms with Crippen LogP contribution < -0.4 is 21.0 Å². The van der Waals surface area contributed by atoms with Crippen LogP contribution >= 0.6 is 0 Å². The number of alkyl halides is 6. The number of amides is 1. The Labute approximate surface area is 260 Å². The molecule has 246 valence electrons. The van der Waals surface area contributed by atoms with Crippen molar-refractivity contribution in [2.75, 3.05) is 32.8 Å². The van der Waals surface area contributed by atoms with E-state index in [1.807, 2.05) is 34.9 Å². The third-order valence-corrected chi connectivity index (χ3v) is 7.32. The Bertz CT molecular complexity index is 1620. The lowest BCUT2D eigenvalue weighted by Crippen LogP contribution is -2.59. The number of benzene rings is 3. The van der Waals surface area contributed by atoms with E-state index in [-0.39, 0.29) is 13.2 Å². The van der Waals surface area contributed by atoms with Crippen molar-refractivity contribution in [3.05, 3.63) is 89.1 Å². The Morgan fingerprint density at radius 1 is 0.957 bits per heavy atom. The van der Waals surface area contributed by atoms with E-state index in [9.17, 15) is 31.1 Å². The summed E-state index contributed by atoms with van der Waals surface area (Å²) in [6.45, 7) is 2.95. The van der Waals surface area contributed by atoms with Crippen LogP contribution in [0.1, 0.15) is 27.0 Å². The van der Waals surface area contributed by atoms with E-state index < -0.39 is 30.4 Å². The Balaban J connectivity index is 1.02. The summed E-state index contributed by atoms with van der Waals surface area (Å²) in [5.74, 6) is 0.785. The topological polar surface area (TPSA) is 92.7 Å². The zero-order chi connectivity index (χ0) is 32.9. The molecule has 1 aliphatic heterocycles. The summed E-state index contributed by atoms with van der Waals surface area (Å²) in [5, 5.41) is 10.1. The van der Waals surface area contributed by atoms with Crippen molar-refractivity contribution in [3.63, 3.8) is 0 Å². The van der Waals surface area contributed by atoms with E-state index in [0.717, 1.165) is 47.3 Å². The van der Waals surface area contributed by atoms with E-state index in [2.05, 4.69) is 26.1 Å². The fourth-order valence-electron chi connectivity index (χ4n) is 4.96. The van der Waals surface area contributed by atoms with Crippen molar-refractivity contribution in [2.24, 2.45) is 5.92 Å². The minimum absolute atomic E-state index is 0.0391. The van der Waals surface area contributed by atoms with Crippen LogP contribution in [0.25, 0.3) is 10.9 Å². The number of rotatable bonds is 13. The highest BCUT2D eigenvalue weighted by molar-refractivity contribution is 6.00. The van der Waals surface area contributed by atoms with Crippen LogP contribution in [0.5, 0.6) is 11.5 Å². The highest BCUT2D eigenvalue weighted by Gasteiger charge is 2.30. The van der Waals surface area contributed by atoms with Gasteiger partial charge in [0, 0.05) is 55.8 Å². The molecule has 1 saturated heterocycles. The number of carbonyl (C=O) groups is 1. The van der Waals surface area contributed by atoms with E-state index in [1.54, 1.807) is 24.3 Å². The Morgan fingerprint density at radius 3 is 2.28 bits per heavy atom. The van der Waals surface area contributed by atoms with Crippen LogP contribution in [0.4, 0.5) is 26.3 Å². The predicted octanol–water partition coefficient (Wildman–Crippen LogP) is 5.61. The number of ether oxygens (including phenoxy) is 2. The van der Waals surface area contributed by atoms with Gasteiger partial charge in [0.25, 0.3) is 5.91 Å². The number of hydrogen-bond acceptors (Lipinski definition) is 7. The van der Waals surface area contributed by atoms with Crippen LogP contribution in [-0.2, 0) is 24.0 Å². The number of hydrogen-bond donors (Lipinski definition) is 3. The molecule has 3 aromatic carbocycles. The number of carbonyl (C=O) groups excluding carboxylic acids is 1. The van der Waals surface area contributed by atoms with Crippen molar-refractivity contribution in [1.82, 2.24) is 31.1 Å². The molecule has 3 N–H and O–H groups in total. The molecule has 4 aromatic rings. The lowest BCUT2D eigenvalue weighted by molar-refractivity contribution is -0.173. The van der Waals surface area contributed by atoms with Gasteiger partial charge in [-0.1, -0.05) is 12.1 Å². The van der Waals surface area contributed by atoms with Gasteiger partial charge in [-0.2, -0.15) is 37.0 Å². The summed E-state index contributed by atoms with van der Waals surface area (Å²) < 4.78 is 86.7. The maximum absolute atomic E-state index is 12.7. The molecular formula is C31H32F6N6O3. The fourth-order valence-corrected chi connectivity index (χ4v) is 4.96. The van der Waals surface area contributed by atoms with Gasteiger partial charge in [0.2, 0.25) is 0 Å². The highest BCUT2D eigenvalue weighted by Crippen LogP contribution is 2.31. The fraction of sp³-hybridized carbons (Fsp3) is 0.355. The lowest BCUT2D eigenvalue weighted by Gasteiger charge is -2.39. The number of fused-ring (bicyclic) bond motifs is 1. The molecule has 2 heterocycles.